The lowest BCUT2D eigenvalue weighted by Crippen LogP contribution is -2.56. The van der Waals surface area contributed by atoms with Crippen LogP contribution in [0.5, 0.6) is 5.75 Å². The van der Waals surface area contributed by atoms with Gasteiger partial charge in [-0.05, 0) is 50.3 Å². The number of alkyl halides is 3. The highest BCUT2D eigenvalue weighted by Crippen LogP contribution is 2.50. The number of benzene rings is 1. The van der Waals surface area contributed by atoms with E-state index in [0.717, 1.165) is 24.3 Å². The Morgan fingerprint density at radius 3 is 2.37 bits per heavy atom. The molecule has 1 aliphatic heterocycles. The Balaban J connectivity index is 1.71. The van der Waals surface area contributed by atoms with Crippen LogP contribution in [-0.2, 0) is 34.1 Å². The number of nitrogens with zero attached hydrogens (tertiary/aromatic N) is 2. The largest absolute Gasteiger partial charge is 0.573 e. The molecule has 11 nitrogen and oxygen atoms in total. The van der Waals surface area contributed by atoms with Crippen LogP contribution in [0.15, 0.2) is 36.4 Å². The molecule has 206 valence electrons. The Morgan fingerprint density at radius 2 is 1.82 bits per heavy atom. The molecule has 4 amide bonds. The third-order valence-electron chi connectivity index (χ3n) is 6.09. The number of rotatable bonds is 9. The highest BCUT2D eigenvalue weighted by atomic mass is 19.4. The van der Waals surface area contributed by atoms with Crippen LogP contribution in [-0.4, -0.2) is 71.6 Å². The molecular formula is C24H27F3N4O7. The fourth-order valence-electron chi connectivity index (χ4n) is 4.24. The third-order valence-corrected chi connectivity index (χ3v) is 6.09. The highest BCUT2D eigenvalue weighted by Gasteiger charge is 2.55. The number of hydrogen-bond donors (Lipinski definition) is 2. The molecule has 2 fully saturated rings. The maximum absolute atomic E-state index is 13.5. The molecule has 0 radical (unpaired) electrons. The quantitative estimate of drug-likeness (QED) is 0.270. The van der Waals surface area contributed by atoms with Gasteiger partial charge in [0.05, 0.1) is 12.0 Å². The fourth-order valence-corrected chi connectivity index (χ4v) is 4.24. The van der Waals surface area contributed by atoms with Crippen molar-refractivity contribution in [3.63, 3.8) is 0 Å². The van der Waals surface area contributed by atoms with Gasteiger partial charge in [0.25, 0.3) is 11.8 Å². The summed E-state index contributed by atoms with van der Waals surface area (Å²) in [7, 11) is 0. The molecule has 0 bridgehead atoms. The second-order valence-electron chi connectivity index (χ2n) is 8.76. The summed E-state index contributed by atoms with van der Waals surface area (Å²) in [5, 5.41) is 0.633. The van der Waals surface area contributed by atoms with Crippen molar-refractivity contribution < 1.29 is 46.6 Å². The van der Waals surface area contributed by atoms with Crippen LogP contribution in [0, 0.1) is 0 Å². The van der Waals surface area contributed by atoms with Crippen LogP contribution in [0.25, 0.3) is 0 Å². The minimum absolute atomic E-state index is 0.0810. The molecule has 0 spiro atoms. The first kappa shape index (κ1) is 28.5. The molecule has 1 heterocycles. The van der Waals surface area contributed by atoms with Crippen molar-refractivity contribution in [1.82, 2.24) is 15.3 Å². The van der Waals surface area contributed by atoms with Gasteiger partial charge < -0.3 is 20.1 Å². The highest BCUT2D eigenvalue weighted by molar-refractivity contribution is 5.99. The van der Waals surface area contributed by atoms with Crippen LogP contribution in [0.1, 0.15) is 38.2 Å². The second kappa shape index (κ2) is 11.5. The lowest BCUT2D eigenvalue weighted by atomic mass is 9.94. The Hall–Kier alpha value is -4.10. The van der Waals surface area contributed by atoms with Gasteiger partial charge in [-0.1, -0.05) is 12.1 Å². The summed E-state index contributed by atoms with van der Waals surface area (Å²) in [5.74, 6) is -4.17. The van der Waals surface area contributed by atoms with Crippen molar-refractivity contribution in [3.8, 4) is 5.75 Å². The van der Waals surface area contributed by atoms with Crippen LogP contribution >= 0.6 is 0 Å². The van der Waals surface area contributed by atoms with Gasteiger partial charge in [0, 0.05) is 18.7 Å². The van der Waals surface area contributed by atoms with Gasteiger partial charge in [0.15, 0.2) is 0 Å². The zero-order valence-corrected chi connectivity index (χ0v) is 20.5. The normalized spacial score (nSPS) is 18.1. The fraction of sp³-hybridized carbons (Fsp3) is 0.458. The van der Waals surface area contributed by atoms with E-state index in [1.54, 1.807) is 6.92 Å². The van der Waals surface area contributed by atoms with Crippen molar-refractivity contribution in [2.45, 2.75) is 50.4 Å². The number of primary amides is 1. The van der Waals surface area contributed by atoms with E-state index in [2.05, 4.69) is 14.9 Å². The summed E-state index contributed by atoms with van der Waals surface area (Å²) in [6, 6.07) is 4.06. The molecule has 1 aromatic carbocycles. The lowest BCUT2D eigenvalue weighted by Gasteiger charge is -2.30. The molecule has 3 rings (SSSR count). The summed E-state index contributed by atoms with van der Waals surface area (Å²) in [5.41, 5.74) is 6.99. The Kier molecular flexibility index (Phi) is 8.63. The summed E-state index contributed by atoms with van der Waals surface area (Å²) in [6.07, 6.45) is -1.54. The summed E-state index contributed by atoms with van der Waals surface area (Å²) in [6.45, 7) is 1.22. The maximum atomic E-state index is 13.5. The van der Waals surface area contributed by atoms with Crippen LogP contribution in [0.4, 0.5) is 13.2 Å². The van der Waals surface area contributed by atoms with Crippen molar-refractivity contribution in [2.24, 2.45) is 5.73 Å². The molecule has 3 N–H and O–H groups in total. The Bertz CT molecular complexity index is 1120. The SMILES string of the molecule is CCOC(=O)/C=C/C(=O)N(CC(N)=O)NC(=O)[C@@H]1CCCN1C(=O)C1(c2ccc(OC(F)(F)F)cc2)CC1. The standard InChI is InChI=1S/C24H27F3N4O7/c1-2-37-20(34)10-9-19(33)31(14-18(28)32)29-21(35)17-4-3-13-30(17)22(36)23(11-12-23)15-5-7-16(8-6-15)38-24(25,26)27/h5-10,17H,2-4,11-14H2,1H3,(H2,28,32)(H,29,35)/b10-9+/t17-/m0/s1. The zero-order valence-electron chi connectivity index (χ0n) is 20.5. The molecule has 1 saturated carbocycles. The molecule has 38 heavy (non-hydrogen) atoms. The average Bonchev–Trinajstić information content (AvgIpc) is 3.49. The predicted octanol–water partition coefficient (Wildman–Crippen LogP) is 1.07. The van der Waals surface area contributed by atoms with Gasteiger partial charge in [-0.2, -0.15) is 0 Å². The minimum Gasteiger partial charge on any atom is -0.463 e. The number of carbonyl (C=O) groups is 5. The molecule has 14 heteroatoms. The number of carbonyl (C=O) groups excluding carboxylic acids is 5. The molecule has 1 saturated heterocycles. The van der Waals surface area contributed by atoms with Crippen molar-refractivity contribution in [1.29, 1.82) is 0 Å². The average molecular weight is 540 g/mol. The van der Waals surface area contributed by atoms with E-state index >= 15 is 0 Å². The van der Waals surface area contributed by atoms with E-state index in [-0.39, 0.29) is 25.5 Å². The van der Waals surface area contributed by atoms with E-state index in [1.807, 2.05) is 0 Å². The molecule has 1 aliphatic carbocycles. The summed E-state index contributed by atoms with van der Waals surface area (Å²) < 4.78 is 46.0. The number of esters is 1. The molecule has 0 aromatic heterocycles. The van der Waals surface area contributed by atoms with Gasteiger partial charge >= 0.3 is 12.3 Å². The number of hydrogen-bond acceptors (Lipinski definition) is 7. The molecular weight excluding hydrogens is 513 g/mol. The first-order valence-corrected chi connectivity index (χ1v) is 11.8. The van der Waals surface area contributed by atoms with E-state index < -0.39 is 53.8 Å². The van der Waals surface area contributed by atoms with E-state index in [0.29, 0.717) is 29.8 Å². The zero-order chi connectivity index (χ0) is 28.1. The molecule has 1 atom stereocenters. The number of hydrazine groups is 1. The maximum Gasteiger partial charge on any atom is 0.573 e. The number of nitrogens with two attached hydrogens (primary N) is 1. The smallest absolute Gasteiger partial charge is 0.463 e. The van der Waals surface area contributed by atoms with E-state index in [4.69, 9.17) is 5.73 Å². The topological polar surface area (TPSA) is 148 Å². The predicted molar refractivity (Wildman–Crippen MR) is 124 cm³/mol. The molecule has 0 unspecified atom stereocenters. The van der Waals surface area contributed by atoms with Crippen LogP contribution in [0.3, 0.4) is 0 Å². The monoisotopic (exact) mass is 540 g/mol. The van der Waals surface area contributed by atoms with Crippen LogP contribution in [0.2, 0.25) is 0 Å². The van der Waals surface area contributed by atoms with E-state index in [9.17, 15) is 37.1 Å². The van der Waals surface area contributed by atoms with Crippen molar-refractivity contribution in [2.75, 3.05) is 19.7 Å². The van der Waals surface area contributed by atoms with Gasteiger partial charge in [0.2, 0.25) is 11.8 Å². The molecule has 1 aromatic rings. The van der Waals surface area contributed by atoms with Gasteiger partial charge in [-0.25, -0.2) is 9.80 Å². The van der Waals surface area contributed by atoms with Crippen molar-refractivity contribution >= 4 is 29.6 Å². The lowest BCUT2D eigenvalue weighted by molar-refractivity contribution is -0.274. The molecule has 2 aliphatic rings. The number of likely N-dealkylation sites (tertiary alicyclic amines) is 1. The first-order chi connectivity index (χ1) is 17.9. The first-order valence-electron chi connectivity index (χ1n) is 11.8. The Morgan fingerprint density at radius 1 is 1.16 bits per heavy atom. The summed E-state index contributed by atoms with van der Waals surface area (Å²) in [4.78, 5) is 63.3. The second-order valence-corrected chi connectivity index (χ2v) is 8.76. The van der Waals surface area contributed by atoms with Crippen LogP contribution < -0.4 is 15.9 Å². The number of amides is 4. The number of halogens is 3. The van der Waals surface area contributed by atoms with Gasteiger partial charge in [-0.15, -0.1) is 13.2 Å². The Labute approximate surface area is 215 Å². The summed E-state index contributed by atoms with van der Waals surface area (Å²) >= 11 is 0. The van der Waals surface area contributed by atoms with Gasteiger partial charge in [-0.3, -0.25) is 24.6 Å². The third kappa shape index (κ3) is 7.01. The van der Waals surface area contributed by atoms with Gasteiger partial charge in [0.1, 0.15) is 18.3 Å². The number of nitrogens with one attached hydrogen (secondary N) is 1. The van der Waals surface area contributed by atoms with E-state index in [1.165, 1.54) is 17.0 Å². The number of ether oxygens (including phenoxy) is 2. The minimum atomic E-state index is -4.84. The van der Waals surface area contributed by atoms with Crippen molar-refractivity contribution in [3.05, 3.63) is 42.0 Å².